The first-order valence-electron chi connectivity index (χ1n) is 7.19. The Bertz CT molecular complexity index is 291. The molecule has 1 saturated heterocycles. The van der Waals surface area contributed by atoms with Crippen molar-refractivity contribution in [3.63, 3.8) is 0 Å². The molecule has 1 rings (SSSR count). The summed E-state index contributed by atoms with van der Waals surface area (Å²) in [6.07, 6.45) is 5.48. The lowest BCUT2D eigenvalue weighted by Crippen LogP contribution is -2.49. The van der Waals surface area contributed by atoms with Gasteiger partial charge < -0.3 is 9.64 Å². The summed E-state index contributed by atoms with van der Waals surface area (Å²) >= 11 is 0. The van der Waals surface area contributed by atoms with E-state index in [2.05, 4.69) is 20.8 Å². The lowest BCUT2D eigenvalue weighted by molar-refractivity contribution is 0.00286. The van der Waals surface area contributed by atoms with Crippen molar-refractivity contribution >= 4 is 6.09 Å². The van der Waals surface area contributed by atoms with Crippen LogP contribution in [0.15, 0.2) is 0 Å². The minimum atomic E-state index is -0.412. The van der Waals surface area contributed by atoms with Gasteiger partial charge in [0.2, 0.25) is 0 Å². The van der Waals surface area contributed by atoms with E-state index in [0.29, 0.717) is 6.04 Å². The molecule has 0 radical (unpaired) electrons. The first-order chi connectivity index (χ1) is 8.17. The van der Waals surface area contributed by atoms with Gasteiger partial charge in [-0.05, 0) is 53.9 Å². The molecule has 0 saturated carbocycles. The molecule has 1 aliphatic rings. The number of carbonyl (C=O) groups is 1. The van der Waals surface area contributed by atoms with Crippen LogP contribution in [0, 0.1) is 0 Å². The quantitative estimate of drug-likeness (QED) is 0.750. The van der Waals surface area contributed by atoms with E-state index in [1.54, 1.807) is 0 Å². The van der Waals surface area contributed by atoms with Crippen molar-refractivity contribution in [2.75, 3.05) is 0 Å². The highest BCUT2D eigenvalue weighted by Crippen LogP contribution is 2.36. The highest BCUT2D eigenvalue weighted by atomic mass is 16.6. The van der Waals surface area contributed by atoms with Crippen LogP contribution in [-0.2, 0) is 4.74 Å². The van der Waals surface area contributed by atoms with Gasteiger partial charge in [-0.15, -0.1) is 0 Å². The van der Waals surface area contributed by atoms with E-state index >= 15 is 0 Å². The smallest absolute Gasteiger partial charge is 0.410 e. The van der Waals surface area contributed by atoms with Crippen molar-refractivity contribution in [1.29, 1.82) is 0 Å². The van der Waals surface area contributed by atoms with Gasteiger partial charge in [-0.25, -0.2) is 4.79 Å². The third kappa shape index (κ3) is 3.89. The Morgan fingerprint density at radius 2 is 2.00 bits per heavy atom. The van der Waals surface area contributed by atoms with E-state index in [4.69, 9.17) is 4.74 Å². The Morgan fingerprint density at radius 1 is 1.39 bits per heavy atom. The molecule has 0 aromatic heterocycles. The van der Waals surface area contributed by atoms with Crippen LogP contribution in [0.5, 0.6) is 0 Å². The van der Waals surface area contributed by atoms with Gasteiger partial charge in [-0.1, -0.05) is 19.8 Å². The number of hydrogen-bond donors (Lipinski definition) is 0. The first kappa shape index (κ1) is 15.3. The summed E-state index contributed by atoms with van der Waals surface area (Å²) in [5.74, 6) is 0. The number of rotatable bonds is 3. The predicted molar refractivity (Wildman–Crippen MR) is 74.7 cm³/mol. The van der Waals surface area contributed by atoms with Crippen LogP contribution in [0.4, 0.5) is 4.79 Å². The Morgan fingerprint density at radius 3 is 2.50 bits per heavy atom. The molecule has 106 valence electrons. The Kier molecular flexibility index (Phi) is 4.68. The van der Waals surface area contributed by atoms with Crippen molar-refractivity contribution in [2.24, 2.45) is 0 Å². The summed E-state index contributed by atoms with van der Waals surface area (Å²) in [6.45, 7) is 12.3. The van der Waals surface area contributed by atoms with E-state index in [0.717, 1.165) is 19.3 Å². The first-order valence-corrected chi connectivity index (χ1v) is 7.19. The molecule has 0 N–H and O–H groups in total. The second-order valence-corrected chi connectivity index (χ2v) is 7.00. The van der Waals surface area contributed by atoms with Gasteiger partial charge in [0.15, 0.2) is 0 Å². The summed E-state index contributed by atoms with van der Waals surface area (Å²) in [6, 6.07) is 0.356. The molecule has 1 atom stereocenters. The molecule has 0 aliphatic carbocycles. The van der Waals surface area contributed by atoms with E-state index in [-0.39, 0.29) is 11.6 Å². The third-order valence-electron chi connectivity index (χ3n) is 3.59. The van der Waals surface area contributed by atoms with Crippen LogP contribution in [0.3, 0.4) is 0 Å². The fourth-order valence-electron chi connectivity index (χ4n) is 2.68. The third-order valence-corrected chi connectivity index (χ3v) is 3.59. The summed E-state index contributed by atoms with van der Waals surface area (Å²) < 4.78 is 5.55. The zero-order valence-electron chi connectivity index (χ0n) is 12.9. The van der Waals surface area contributed by atoms with E-state index < -0.39 is 5.60 Å². The molecule has 1 heterocycles. The largest absolute Gasteiger partial charge is 0.444 e. The Hall–Kier alpha value is -0.730. The average molecular weight is 255 g/mol. The number of likely N-dealkylation sites (tertiary alicyclic amines) is 1. The molecular formula is C15H29NO2. The molecule has 0 aromatic rings. The van der Waals surface area contributed by atoms with E-state index in [1.807, 2.05) is 25.7 Å². The number of carbonyl (C=O) groups excluding carboxylic acids is 1. The number of hydrogen-bond acceptors (Lipinski definition) is 2. The van der Waals surface area contributed by atoms with E-state index in [9.17, 15) is 4.79 Å². The second kappa shape index (κ2) is 5.50. The van der Waals surface area contributed by atoms with Gasteiger partial charge in [0.25, 0.3) is 0 Å². The minimum absolute atomic E-state index is 0.0687. The summed E-state index contributed by atoms with van der Waals surface area (Å²) in [5, 5.41) is 0. The standard InChI is InChI=1S/C15H29NO2/c1-7-8-9-12-10-11-15(5,6)16(12)13(17)18-14(2,3)4/h12H,7-11H2,1-6H3. The van der Waals surface area contributed by atoms with Crippen molar-refractivity contribution in [1.82, 2.24) is 4.90 Å². The molecule has 1 aliphatic heterocycles. The van der Waals surface area contributed by atoms with Crippen LogP contribution in [0.2, 0.25) is 0 Å². The van der Waals surface area contributed by atoms with Crippen LogP contribution >= 0.6 is 0 Å². The van der Waals surface area contributed by atoms with Crippen LogP contribution < -0.4 is 0 Å². The topological polar surface area (TPSA) is 29.5 Å². The molecule has 0 aromatic carbocycles. The lowest BCUT2D eigenvalue weighted by atomic mass is 10.0. The monoisotopic (exact) mass is 255 g/mol. The number of unbranched alkanes of at least 4 members (excludes halogenated alkanes) is 1. The number of amides is 1. The summed E-state index contributed by atoms with van der Waals surface area (Å²) in [5.41, 5.74) is -0.480. The molecule has 1 fully saturated rings. The highest BCUT2D eigenvalue weighted by molar-refractivity contribution is 5.70. The Labute approximate surface area is 112 Å². The fourth-order valence-corrected chi connectivity index (χ4v) is 2.68. The maximum Gasteiger partial charge on any atom is 0.410 e. The number of ether oxygens (including phenoxy) is 1. The van der Waals surface area contributed by atoms with Gasteiger partial charge in [-0.3, -0.25) is 0 Å². The number of nitrogens with zero attached hydrogens (tertiary/aromatic N) is 1. The Balaban J connectivity index is 2.75. The van der Waals surface area contributed by atoms with Crippen LogP contribution in [0.25, 0.3) is 0 Å². The minimum Gasteiger partial charge on any atom is -0.444 e. The molecule has 3 nitrogen and oxygen atoms in total. The van der Waals surface area contributed by atoms with Gasteiger partial charge in [0.1, 0.15) is 5.60 Å². The summed E-state index contributed by atoms with van der Waals surface area (Å²) in [4.78, 5) is 14.3. The van der Waals surface area contributed by atoms with Crippen molar-refractivity contribution in [2.45, 2.75) is 90.8 Å². The molecule has 0 spiro atoms. The van der Waals surface area contributed by atoms with E-state index in [1.165, 1.54) is 12.8 Å². The van der Waals surface area contributed by atoms with Gasteiger partial charge in [-0.2, -0.15) is 0 Å². The average Bonchev–Trinajstić information content (AvgIpc) is 2.48. The molecule has 18 heavy (non-hydrogen) atoms. The molecule has 0 bridgehead atoms. The maximum atomic E-state index is 12.4. The zero-order valence-corrected chi connectivity index (χ0v) is 12.9. The van der Waals surface area contributed by atoms with Crippen molar-refractivity contribution < 1.29 is 9.53 Å². The highest BCUT2D eigenvalue weighted by Gasteiger charge is 2.43. The normalized spacial score (nSPS) is 23.2. The lowest BCUT2D eigenvalue weighted by Gasteiger charge is -2.37. The van der Waals surface area contributed by atoms with Crippen molar-refractivity contribution in [3.05, 3.63) is 0 Å². The predicted octanol–water partition coefficient (Wildman–Crippen LogP) is 4.35. The zero-order chi connectivity index (χ0) is 14.0. The SMILES string of the molecule is CCCCC1CCC(C)(C)N1C(=O)OC(C)(C)C. The van der Waals surface area contributed by atoms with Gasteiger partial charge >= 0.3 is 6.09 Å². The molecule has 3 heteroatoms. The molecular weight excluding hydrogens is 226 g/mol. The maximum absolute atomic E-state index is 12.4. The van der Waals surface area contributed by atoms with Gasteiger partial charge in [0.05, 0.1) is 0 Å². The fraction of sp³-hybridized carbons (Fsp3) is 0.933. The molecule has 1 unspecified atom stereocenters. The van der Waals surface area contributed by atoms with Crippen LogP contribution in [0.1, 0.15) is 73.6 Å². The molecule has 1 amide bonds. The van der Waals surface area contributed by atoms with Crippen LogP contribution in [-0.4, -0.2) is 28.2 Å². The summed E-state index contributed by atoms with van der Waals surface area (Å²) in [7, 11) is 0. The van der Waals surface area contributed by atoms with Gasteiger partial charge in [0, 0.05) is 11.6 Å². The van der Waals surface area contributed by atoms with Crippen molar-refractivity contribution in [3.8, 4) is 0 Å². The second-order valence-electron chi connectivity index (χ2n) is 7.00.